The lowest BCUT2D eigenvalue weighted by Crippen LogP contribution is -2.40. The van der Waals surface area contributed by atoms with E-state index in [-0.39, 0.29) is 17.6 Å². The van der Waals surface area contributed by atoms with E-state index >= 15 is 0 Å². The van der Waals surface area contributed by atoms with Crippen LogP contribution in [-0.2, 0) is 4.79 Å². The molecule has 3 atom stereocenters. The van der Waals surface area contributed by atoms with Crippen LogP contribution in [0.1, 0.15) is 42.3 Å². The third-order valence-corrected chi connectivity index (χ3v) is 3.69. The quantitative estimate of drug-likeness (QED) is 0.741. The normalized spacial score (nSPS) is 15.8. The number of carbonyl (C=O) groups is 2. The third kappa shape index (κ3) is 3.51. The van der Waals surface area contributed by atoms with E-state index in [4.69, 9.17) is 10.8 Å². The molecule has 0 aliphatic rings. The van der Waals surface area contributed by atoms with Crippen LogP contribution in [0.2, 0.25) is 0 Å². The predicted octanol–water partition coefficient (Wildman–Crippen LogP) is 1.00. The number of carboxylic acid groups (broad SMARTS) is 1. The van der Waals surface area contributed by atoms with E-state index < -0.39 is 17.9 Å². The number of carbonyl (C=O) groups excluding carboxylic acids is 1. The van der Waals surface area contributed by atoms with Crippen molar-refractivity contribution in [1.82, 2.24) is 10.3 Å². The Bertz CT molecular complexity index is 444. The summed E-state index contributed by atoms with van der Waals surface area (Å²) in [7, 11) is 0. The maximum Gasteiger partial charge on any atom is 0.308 e. The first-order valence-electron chi connectivity index (χ1n) is 5.57. The summed E-state index contributed by atoms with van der Waals surface area (Å²) in [5.41, 5.74) is 5.93. The summed E-state index contributed by atoms with van der Waals surface area (Å²) in [6, 6.07) is -0.678. The van der Waals surface area contributed by atoms with Crippen molar-refractivity contribution in [2.45, 2.75) is 32.9 Å². The van der Waals surface area contributed by atoms with Gasteiger partial charge in [-0.2, -0.15) is 0 Å². The number of amides is 1. The van der Waals surface area contributed by atoms with Crippen LogP contribution in [0.3, 0.4) is 0 Å². The molecule has 0 saturated carbocycles. The molecule has 0 radical (unpaired) electrons. The van der Waals surface area contributed by atoms with Gasteiger partial charge in [0.25, 0.3) is 5.91 Å². The van der Waals surface area contributed by atoms with Crippen LogP contribution in [0, 0.1) is 5.92 Å². The van der Waals surface area contributed by atoms with Gasteiger partial charge in [0.15, 0.2) is 0 Å². The Balaban J connectivity index is 2.67. The van der Waals surface area contributed by atoms with E-state index in [9.17, 15) is 9.59 Å². The van der Waals surface area contributed by atoms with Crippen molar-refractivity contribution in [1.29, 1.82) is 0 Å². The lowest BCUT2D eigenvalue weighted by Gasteiger charge is -2.16. The van der Waals surface area contributed by atoms with Gasteiger partial charge in [-0.05, 0) is 20.8 Å². The molecule has 4 N–H and O–H groups in total. The first kappa shape index (κ1) is 14.6. The second kappa shape index (κ2) is 5.92. The Hall–Kier alpha value is -1.47. The van der Waals surface area contributed by atoms with E-state index in [1.165, 1.54) is 11.3 Å². The molecule has 0 bridgehead atoms. The first-order valence-corrected chi connectivity index (χ1v) is 6.45. The Morgan fingerprint density at radius 3 is 2.50 bits per heavy atom. The monoisotopic (exact) mass is 271 g/mol. The molecule has 6 nitrogen and oxygen atoms in total. The highest BCUT2D eigenvalue weighted by atomic mass is 32.1. The van der Waals surface area contributed by atoms with Gasteiger partial charge in [-0.3, -0.25) is 9.59 Å². The van der Waals surface area contributed by atoms with E-state index in [1.807, 2.05) is 0 Å². The minimum atomic E-state index is -0.947. The Morgan fingerprint density at radius 2 is 2.06 bits per heavy atom. The minimum absolute atomic E-state index is 0.216. The maximum absolute atomic E-state index is 11.8. The Morgan fingerprint density at radius 1 is 1.44 bits per heavy atom. The number of nitrogens with two attached hydrogens (primary N) is 1. The molecular weight excluding hydrogens is 254 g/mol. The molecule has 18 heavy (non-hydrogen) atoms. The zero-order valence-corrected chi connectivity index (χ0v) is 11.3. The number of nitrogens with one attached hydrogen (secondary N) is 1. The van der Waals surface area contributed by atoms with Crippen molar-refractivity contribution >= 4 is 23.2 Å². The third-order valence-electron chi connectivity index (χ3n) is 2.64. The first-order chi connectivity index (χ1) is 8.32. The molecule has 1 aromatic rings. The lowest BCUT2D eigenvalue weighted by atomic mass is 10.0. The highest BCUT2D eigenvalue weighted by molar-refractivity contribution is 7.09. The van der Waals surface area contributed by atoms with Gasteiger partial charge in [-0.15, -0.1) is 11.3 Å². The summed E-state index contributed by atoms with van der Waals surface area (Å²) in [4.78, 5) is 26.7. The number of hydrogen-bond acceptors (Lipinski definition) is 5. The van der Waals surface area contributed by atoms with Gasteiger partial charge in [0.05, 0.1) is 12.0 Å². The molecule has 1 amide bonds. The molecule has 0 aliphatic heterocycles. The van der Waals surface area contributed by atoms with Crippen molar-refractivity contribution in [2.75, 3.05) is 0 Å². The van der Waals surface area contributed by atoms with E-state index in [1.54, 1.807) is 26.2 Å². The number of aromatic nitrogens is 1. The fourth-order valence-electron chi connectivity index (χ4n) is 1.22. The number of thiazole rings is 1. The Labute approximate surface area is 109 Å². The number of nitrogens with zero attached hydrogens (tertiary/aromatic N) is 1. The molecule has 0 spiro atoms. The summed E-state index contributed by atoms with van der Waals surface area (Å²) >= 11 is 1.31. The minimum Gasteiger partial charge on any atom is -0.481 e. The summed E-state index contributed by atoms with van der Waals surface area (Å²) in [5, 5.41) is 13.7. The molecular formula is C11H17N3O3S. The second-order valence-corrected chi connectivity index (χ2v) is 5.14. The highest BCUT2D eigenvalue weighted by Gasteiger charge is 2.22. The van der Waals surface area contributed by atoms with Crippen LogP contribution >= 0.6 is 11.3 Å². The summed E-state index contributed by atoms with van der Waals surface area (Å²) in [5.74, 6) is -1.98. The zero-order chi connectivity index (χ0) is 13.9. The molecule has 1 heterocycles. The van der Waals surface area contributed by atoms with Crippen molar-refractivity contribution in [3.63, 3.8) is 0 Å². The molecule has 0 aromatic carbocycles. The average molecular weight is 271 g/mol. The van der Waals surface area contributed by atoms with Gasteiger partial charge in [0.1, 0.15) is 10.7 Å². The zero-order valence-electron chi connectivity index (χ0n) is 10.5. The largest absolute Gasteiger partial charge is 0.481 e. The van der Waals surface area contributed by atoms with Gasteiger partial charge < -0.3 is 16.2 Å². The molecule has 3 unspecified atom stereocenters. The van der Waals surface area contributed by atoms with Gasteiger partial charge in [0, 0.05) is 11.4 Å². The van der Waals surface area contributed by atoms with E-state index in [2.05, 4.69) is 10.3 Å². The SMILES string of the molecule is CC(N)c1nc(C(=O)NC(C)C(C)C(=O)O)cs1. The smallest absolute Gasteiger partial charge is 0.308 e. The molecule has 1 aromatic heterocycles. The second-order valence-electron chi connectivity index (χ2n) is 4.25. The van der Waals surface area contributed by atoms with Crippen LogP contribution in [0.15, 0.2) is 5.38 Å². The maximum atomic E-state index is 11.8. The summed E-state index contributed by atoms with van der Waals surface area (Å²) in [6.45, 7) is 4.98. The summed E-state index contributed by atoms with van der Waals surface area (Å²) < 4.78 is 0. The van der Waals surface area contributed by atoms with E-state index in [0.717, 1.165) is 0 Å². The molecule has 100 valence electrons. The van der Waals surface area contributed by atoms with Crippen LogP contribution in [0.25, 0.3) is 0 Å². The van der Waals surface area contributed by atoms with Gasteiger partial charge in [-0.25, -0.2) is 4.98 Å². The Kier molecular flexibility index (Phi) is 4.80. The fourth-order valence-corrected chi connectivity index (χ4v) is 1.98. The van der Waals surface area contributed by atoms with Crippen molar-refractivity contribution in [3.05, 3.63) is 16.1 Å². The van der Waals surface area contributed by atoms with Gasteiger partial charge >= 0.3 is 5.97 Å². The van der Waals surface area contributed by atoms with Crippen LogP contribution in [-0.4, -0.2) is 28.0 Å². The topological polar surface area (TPSA) is 105 Å². The van der Waals surface area contributed by atoms with Crippen molar-refractivity contribution in [2.24, 2.45) is 11.7 Å². The lowest BCUT2D eigenvalue weighted by molar-refractivity contribution is -0.141. The van der Waals surface area contributed by atoms with Crippen LogP contribution < -0.4 is 11.1 Å². The molecule has 7 heteroatoms. The van der Waals surface area contributed by atoms with E-state index in [0.29, 0.717) is 5.01 Å². The molecule has 0 saturated heterocycles. The molecule has 0 fully saturated rings. The standard InChI is InChI=1S/C11H17N3O3S/c1-5(11(16)17)7(3)13-9(15)8-4-18-10(14-8)6(2)12/h4-7H,12H2,1-3H3,(H,13,15)(H,16,17). The predicted molar refractivity (Wildman–Crippen MR) is 68.4 cm³/mol. The average Bonchev–Trinajstić information content (AvgIpc) is 2.76. The number of carboxylic acids is 1. The highest BCUT2D eigenvalue weighted by Crippen LogP contribution is 2.16. The van der Waals surface area contributed by atoms with Gasteiger partial charge in [-0.1, -0.05) is 0 Å². The van der Waals surface area contributed by atoms with Crippen LogP contribution in [0.4, 0.5) is 0 Å². The van der Waals surface area contributed by atoms with Crippen molar-refractivity contribution < 1.29 is 14.7 Å². The van der Waals surface area contributed by atoms with Gasteiger partial charge in [0.2, 0.25) is 0 Å². The van der Waals surface area contributed by atoms with Crippen LogP contribution in [0.5, 0.6) is 0 Å². The molecule has 1 rings (SSSR count). The number of rotatable bonds is 5. The number of aliphatic carboxylic acids is 1. The summed E-state index contributed by atoms with van der Waals surface area (Å²) in [6.07, 6.45) is 0. The number of hydrogen-bond donors (Lipinski definition) is 3. The van der Waals surface area contributed by atoms with Crippen molar-refractivity contribution in [3.8, 4) is 0 Å². The molecule has 0 aliphatic carbocycles. The fraction of sp³-hybridized carbons (Fsp3) is 0.545.